The van der Waals surface area contributed by atoms with Crippen molar-refractivity contribution in [1.82, 2.24) is 0 Å². The number of aliphatic carboxylic acids is 1. The molecular formula is C13H17NO2. The first-order valence-electron chi connectivity index (χ1n) is 5.72. The van der Waals surface area contributed by atoms with Crippen LogP contribution in [0.4, 0.5) is 0 Å². The van der Waals surface area contributed by atoms with Gasteiger partial charge in [0.2, 0.25) is 0 Å². The Kier molecular flexibility index (Phi) is 2.97. The zero-order valence-electron chi connectivity index (χ0n) is 9.23. The second kappa shape index (κ2) is 4.26. The number of hydrogen-bond acceptors (Lipinski definition) is 2. The molecular weight excluding hydrogens is 202 g/mol. The topological polar surface area (TPSA) is 63.3 Å². The van der Waals surface area contributed by atoms with Gasteiger partial charge in [-0.3, -0.25) is 4.79 Å². The van der Waals surface area contributed by atoms with Gasteiger partial charge in [0.05, 0.1) is 0 Å². The molecule has 3 heteroatoms. The first kappa shape index (κ1) is 11.1. The van der Waals surface area contributed by atoms with E-state index < -0.39 is 11.5 Å². The molecule has 3 N–H and O–H groups in total. The molecule has 1 aromatic rings. The third-order valence-electron chi connectivity index (χ3n) is 3.56. The van der Waals surface area contributed by atoms with Crippen LogP contribution in [-0.2, 0) is 4.79 Å². The predicted octanol–water partition coefficient (Wildman–Crippen LogP) is 2.13. The second-order valence-corrected chi connectivity index (χ2v) is 4.55. The van der Waals surface area contributed by atoms with Crippen molar-refractivity contribution in [2.24, 2.45) is 5.73 Å². The third kappa shape index (κ3) is 1.83. The zero-order chi connectivity index (χ0) is 11.6. The van der Waals surface area contributed by atoms with E-state index in [9.17, 15) is 9.90 Å². The first-order valence-corrected chi connectivity index (χ1v) is 5.72. The second-order valence-electron chi connectivity index (χ2n) is 4.55. The number of hydrogen-bond donors (Lipinski definition) is 2. The maximum absolute atomic E-state index is 11.3. The first-order chi connectivity index (χ1) is 7.64. The Hall–Kier alpha value is -1.35. The summed E-state index contributed by atoms with van der Waals surface area (Å²) in [6.07, 6.45) is 3.41. The molecule has 1 unspecified atom stereocenters. The molecule has 0 spiro atoms. The molecule has 0 bridgehead atoms. The number of rotatable bonds is 2. The largest absolute Gasteiger partial charge is 0.480 e. The zero-order valence-corrected chi connectivity index (χ0v) is 9.23. The highest BCUT2D eigenvalue weighted by atomic mass is 16.4. The molecule has 1 fully saturated rings. The molecule has 0 aliphatic heterocycles. The number of benzene rings is 1. The minimum atomic E-state index is -1.08. The summed E-state index contributed by atoms with van der Waals surface area (Å²) in [5, 5.41) is 9.30. The Morgan fingerprint density at radius 3 is 2.62 bits per heavy atom. The van der Waals surface area contributed by atoms with Gasteiger partial charge in [0.25, 0.3) is 0 Å². The molecule has 1 aliphatic rings. The van der Waals surface area contributed by atoms with Crippen LogP contribution in [0.5, 0.6) is 0 Å². The molecule has 86 valence electrons. The lowest BCUT2D eigenvalue weighted by Crippen LogP contribution is -2.54. The quantitative estimate of drug-likeness (QED) is 0.800. The van der Waals surface area contributed by atoms with Crippen LogP contribution in [-0.4, -0.2) is 16.6 Å². The number of nitrogens with two attached hydrogens (primary N) is 1. The molecule has 2 rings (SSSR count). The highest BCUT2D eigenvalue weighted by Gasteiger charge is 2.44. The minimum absolute atomic E-state index is 0.0556. The predicted molar refractivity (Wildman–Crippen MR) is 62.2 cm³/mol. The summed E-state index contributed by atoms with van der Waals surface area (Å²) in [5.41, 5.74) is 6.04. The van der Waals surface area contributed by atoms with Gasteiger partial charge in [-0.1, -0.05) is 43.2 Å². The van der Waals surface area contributed by atoms with Gasteiger partial charge in [0.1, 0.15) is 5.54 Å². The average Bonchev–Trinajstić information content (AvgIpc) is 2.30. The van der Waals surface area contributed by atoms with Crippen LogP contribution in [0.2, 0.25) is 0 Å². The molecule has 1 aliphatic carbocycles. The highest BCUT2D eigenvalue weighted by molar-refractivity contribution is 5.80. The highest BCUT2D eigenvalue weighted by Crippen LogP contribution is 2.39. The van der Waals surface area contributed by atoms with E-state index in [1.807, 2.05) is 30.3 Å². The molecule has 1 saturated carbocycles. The Morgan fingerprint density at radius 2 is 2.00 bits per heavy atom. The number of carboxylic acids is 1. The van der Waals surface area contributed by atoms with Crippen LogP contribution in [0, 0.1) is 0 Å². The van der Waals surface area contributed by atoms with Crippen molar-refractivity contribution >= 4 is 5.97 Å². The van der Waals surface area contributed by atoms with E-state index in [-0.39, 0.29) is 5.92 Å². The maximum Gasteiger partial charge on any atom is 0.324 e. The van der Waals surface area contributed by atoms with Crippen molar-refractivity contribution in [3.8, 4) is 0 Å². The molecule has 0 amide bonds. The van der Waals surface area contributed by atoms with Gasteiger partial charge in [0.15, 0.2) is 0 Å². The smallest absolute Gasteiger partial charge is 0.324 e. The monoisotopic (exact) mass is 219 g/mol. The molecule has 16 heavy (non-hydrogen) atoms. The summed E-state index contributed by atoms with van der Waals surface area (Å²) in [7, 11) is 0. The van der Waals surface area contributed by atoms with E-state index in [1.165, 1.54) is 0 Å². The van der Waals surface area contributed by atoms with Gasteiger partial charge in [-0.15, -0.1) is 0 Å². The SMILES string of the molecule is NC1(C(=O)O)CCCC[C@@H]1c1ccccc1. The summed E-state index contributed by atoms with van der Waals surface area (Å²) in [4.78, 5) is 11.3. The van der Waals surface area contributed by atoms with E-state index in [0.717, 1.165) is 24.8 Å². The van der Waals surface area contributed by atoms with Crippen molar-refractivity contribution in [3.63, 3.8) is 0 Å². The van der Waals surface area contributed by atoms with Crippen LogP contribution in [0.3, 0.4) is 0 Å². The third-order valence-corrected chi connectivity index (χ3v) is 3.56. The van der Waals surface area contributed by atoms with Crippen LogP contribution in [0.1, 0.15) is 37.2 Å². The van der Waals surface area contributed by atoms with Crippen LogP contribution in [0.15, 0.2) is 30.3 Å². The number of carboxylic acid groups (broad SMARTS) is 1. The fourth-order valence-corrected chi connectivity index (χ4v) is 2.60. The van der Waals surface area contributed by atoms with E-state index >= 15 is 0 Å². The Balaban J connectivity index is 2.34. The fourth-order valence-electron chi connectivity index (χ4n) is 2.60. The Labute approximate surface area is 95.3 Å². The summed E-state index contributed by atoms with van der Waals surface area (Å²) in [6.45, 7) is 0. The fraction of sp³-hybridized carbons (Fsp3) is 0.462. The van der Waals surface area contributed by atoms with Crippen molar-refractivity contribution in [1.29, 1.82) is 0 Å². The van der Waals surface area contributed by atoms with Crippen molar-refractivity contribution in [2.75, 3.05) is 0 Å². The van der Waals surface area contributed by atoms with Gasteiger partial charge < -0.3 is 10.8 Å². The normalized spacial score (nSPS) is 29.9. The van der Waals surface area contributed by atoms with E-state index in [2.05, 4.69) is 0 Å². The summed E-state index contributed by atoms with van der Waals surface area (Å²) >= 11 is 0. The minimum Gasteiger partial charge on any atom is -0.480 e. The molecule has 0 saturated heterocycles. The molecule has 0 aromatic heterocycles. The van der Waals surface area contributed by atoms with Gasteiger partial charge in [0, 0.05) is 5.92 Å². The molecule has 1 aromatic carbocycles. The van der Waals surface area contributed by atoms with Gasteiger partial charge in [-0.2, -0.15) is 0 Å². The van der Waals surface area contributed by atoms with E-state index in [0.29, 0.717) is 6.42 Å². The van der Waals surface area contributed by atoms with E-state index in [1.54, 1.807) is 0 Å². The number of carbonyl (C=O) groups is 1. The lowest BCUT2D eigenvalue weighted by atomic mass is 9.70. The molecule has 0 heterocycles. The molecule has 0 radical (unpaired) electrons. The van der Waals surface area contributed by atoms with Crippen LogP contribution >= 0.6 is 0 Å². The average molecular weight is 219 g/mol. The maximum atomic E-state index is 11.3. The van der Waals surface area contributed by atoms with Gasteiger partial charge >= 0.3 is 5.97 Å². The van der Waals surface area contributed by atoms with Gasteiger partial charge in [-0.05, 0) is 18.4 Å². The van der Waals surface area contributed by atoms with Gasteiger partial charge in [-0.25, -0.2) is 0 Å². The summed E-state index contributed by atoms with van der Waals surface area (Å²) in [5.74, 6) is -0.930. The Morgan fingerprint density at radius 1 is 1.31 bits per heavy atom. The van der Waals surface area contributed by atoms with Crippen LogP contribution < -0.4 is 5.73 Å². The molecule has 3 nitrogen and oxygen atoms in total. The van der Waals surface area contributed by atoms with Crippen LogP contribution in [0.25, 0.3) is 0 Å². The lowest BCUT2D eigenvalue weighted by Gasteiger charge is -2.38. The summed E-state index contributed by atoms with van der Waals surface area (Å²) < 4.78 is 0. The standard InChI is InChI=1S/C13H17NO2/c14-13(12(15)16)9-5-4-8-11(13)10-6-2-1-3-7-10/h1-3,6-7,11H,4-5,8-9,14H2,(H,15,16)/t11-,13?/m1/s1. The van der Waals surface area contributed by atoms with Crippen molar-refractivity contribution in [2.45, 2.75) is 37.1 Å². The van der Waals surface area contributed by atoms with Crippen molar-refractivity contribution < 1.29 is 9.90 Å². The van der Waals surface area contributed by atoms with E-state index in [4.69, 9.17) is 5.73 Å². The molecule has 2 atom stereocenters. The Bertz CT molecular complexity index is 377. The summed E-state index contributed by atoms with van der Waals surface area (Å²) in [6, 6.07) is 9.75. The lowest BCUT2D eigenvalue weighted by molar-refractivity contribution is -0.145. The van der Waals surface area contributed by atoms with Crippen molar-refractivity contribution in [3.05, 3.63) is 35.9 Å².